The summed E-state index contributed by atoms with van der Waals surface area (Å²) in [5, 5.41) is 10.5. The Hall–Kier alpha value is -3.72. The lowest BCUT2D eigenvalue weighted by Gasteiger charge is -2.19. The largest absolute Gasteiger partial charge is 0.495 e. The molecule has 2 aromatic carbocycles. The summed E-state index contributed by atoms with van der Waals surface area (Å²) in [6.07, 6.45) is 3.82. The van der Waals surface area contributed by atoms with Crippen molar-refractivity contribution in [2.24, 2.45) is 0 Å². The number of halogens is 3. The molecule has 6 nitrogen and oxygen atoms in total. The highest BCUT2D eigenvalue weighted by Crippen LogP contribution is 2.29. The lowest BCUT2D eigenvalue weighted by Crippen LogP contribution is -2.19. The van der Waals surface area contributed by atoms with Gasteiger partial charge in [-0.05, 0) is 56.7 Å². The highest BCUT2D eigenvalue weighted by molar-refractivity contribution is 5.60. The van der Waals surface area contributed by atoms with E-state index in [0.717, 1.165) is 29.1 Å². The molecule has 9 heteroatoms. The molecule has 0 unspecified atom stereocenters. The van der Waals surface area contributed by atoms with Crippen LogP contribution in [-0.4, -0.2) is 31.7 Å². The summed E-state index contributed by atoms with van der Waals surface area (Å²) in [4.78, 5) is 13.1. The molecule has 34 heavy (non-hydrogen) atoms. The van der Waals surface area contributed by atoms with Crippen LogP contribution in [0.1, 0.15) is 36.6 Å². The number of methoxy groups -OCH3 is 1. The third-order valence-electron chi connectivity index (χ3n) is 5.28. The van der Waals surface area contributed by atoms with Gasteiger partial charge >= 0.3 is 0 Å². The summed E-state index contributed by atoms with van der Waals surface area (Å²) in [7, 11) is 1.56. The molecule has 176 valence electrons. The number of nitrogens with zero attached hydrogens (tertiary/aromatic N) is 4. The first kappa shape index (κ1) is 23.4. The van der Waals surface area contributed by atoms with Crippen molar-refractivity contribution in [3.63, 3.8) is 0 Å². The van der Waals surface area contributed by atoms with E-state index in [1.54, 1.807) is 27.3 Å². The van der Waals surface area contributed by atoms with Gasteiger partial charge < -0.3 is 14.4 Å². The Balaban J connectivity index is 1.75. The van der Waals surface area contributed by atoms with Gasteiger partial charge in [-0.1, -0.05) is 6.07 Å². The minimum absolute atomic E-state index is 0.0361. The average molecular weight is 468 g/mol. The van der Waals surface area contributed by atoms with Crippen LogP contribution in [0.3, 0.4) is 0 Å². The molecule has 4 rings (SSSR count). The van der Waals surface area contributed by atoms with E-state index in [1.165, 1.54) is 6.07 Å². The first-order valence-electron chi connectivity index (χ1n) is 10.5. The average Bonchev–Trinajstić information content (AvgIpc) is 3.22. The highest BCUT2D eigenvalue weighted by Gasteiger charge is 2.22. The molecule has 1 N–H and O–H groups in total. The first-order valence-corrected chi connectivity index (χ1v) is 10.5. The molecular weight excluding hydrogens is 445 g/mol. The quantitative estimate of drug-likeness (QED) is 0.408. The SMILES string of the molecule is COc1cc(Cc2nc(-c3cc(F)c(F)c(F)c3)cc(C(C)(C)O)n2)ccc1-n1cnc(C)c1. The van der Waals surface area contributed by atoms with Gasteiger partial charge in [-0.2, -0.15) is 0 Å². The molecule has 2 heterocycles. The number of aromatic nitrogens is 4. The zero-order valence-corrected chi connectivity index (χ0v) is 19.1. The number of hydrogen-bond acceptors (Lipinski definition) is 5. The Morgan fingerprint density at radius 3 is 2.32 bits per heavy atom. The van der Waals surface area contributed by atoms with E-state index in [4.69, 9.17) is 4.74 Å². The molecule has 0 atom stereocenters. The molecule has 0 saturated heterocycles. The minimum Gasteiger partial charge on any atom is -0.495 e. The third-order valence-corrected chi connectivity index (χ3v) is 5.28. The molecular formula is C25H23F3N4O2. The van der Waals surface area contributed by atoms with E-state index < -0.39 is 23.1 Å². The van der Waals surface area contributed by atoms with Crippen LogP contribution in [0.2, 0.25) is 0 Å². The Bertz CT molecular complexity index is 1340. The first-order chi connectivity index (χ1) is 16.0. The van der Waals surface area contributed by atoms with Crippen molar-refractivity contribution in [3.8, 4) is 22.7 Å². The summed E-state index contributed by atoms with van der Waals surface area (Å²) < 4.78 is 48.5. The maximum Gasteiger partial charge on any atom is 0.194 e. The van der Waals surface area contributed by atoms with Crippen molar-refractivity contribution >= 4 is 0 Å². The van der Waals surface area contributed by atoms with Crippen LogP contribution in [0.4, 0.5) is 13.2 Å². The van der Waals surface area contributed by atoms with Gasteiger partial charge in [0.15, 0.2) is 17.5 Å². The second-order valence-electron chi connectivity index (χ2n) is 8.47. The van der Waals surface area contributed by atoms with Gasteiger partial charge in [-0.15, -0.1) is 0 Å². The molecule has 0 radical (unpaired) electrons. The normalized spacial score (nSPS) is 11.6. The van der Waals surface area contributed by atoms with Crippen molar-refractivity contribution < 1.29 is 23.0 Å². The minimum atomic E-state index is -1.55. The van der Waals surface area contributed by atoms with E-state index >= 15 is 0 Å². The molecule has 0 fully saturated rings. The Labute approximate surface area is 194 Å². The van der Waals surface area contributed by atoms with E-state index in [0.29, 0.717) is 11.6 Å². The van der Waals surface area contributed by atoms with Crippen molar-refractivity contribution in [1.82, 2.24) is 19.5 Å². The molecule has 0 aliphatic heterocycles. The van der Waals surface area contributed by atoms with Crippen LogP contribution in [-0.2, 0) is 12.0 Å². The number of imidazole rings is 1. The van der Waals surface area contributed by atoms with Crippen molar-refractivity contribution in [2.45, 2.75) is 32.8 Å². The second-order valence-corrected chi connectivity index (χ2v) is 8.47. The molecule has 0 spiro atoms. The number of benzene rings is 2. The summed E-state index contributed by atoms with van der Waals surface area (Å²) >= 11 is 0. The van der Waals surface area contributed by atoms with Gasteiger partial charge in [0, 0.05) is 18.2 Å². The van der Waals surface area contributed by atoms with Crippen LogP contribution in [0.5, 0.6) is 5.75 Å². The van der Waals surface area contributed by atoms with E-state index in [1.807, 2.05) is 35.9 Å². The van der Waals surface area contributed by atoms with Crippen LogP contribution >= 0.6 is 0 Å². The summed E-state index contributed by atoms with van der Waals surface area (Å²) in [6.45, 7) is 4.97. The van der Waals surface area contributed by atoms with E-state index in [-0.39, 0.29) is 23.4 Å². The number of aliphatic hydroxyl groups is 1. The molecule has 0 aliphatic carbocycles. The molecule has 0 amide bonds. The number of aryl methyl sites for hydroxylation is 1. The fraction of sp³-hybridized carbons (Fsp3) is 0.240. The highest BCUT2D eigenvalue weighted by atomic mass is 19.2. The van der Waals surface area contributed by atoms with Crippen LogP contribution in [0, 0.1) is 24.4 Å². The van der Waals surface area contributed by atoms with Crippen molar-refractivity contribution in [3.05, 3.63) is 89.1 Å². The third kappa shape index (κ3) is 4.79. The van der Waals surface area contributed by atoms with Gasteiger partial charge in [0.2, 0.25) is 0 Å². The number of rotatable bonds is 6. The van der Waals surface area contributed by atoms with Gasteiger partial charge in [-0.25, -0.2) is 28.1 Å². The molecule has 0 aliphatic rings. The van der Waals surface area contributed by atoms with Crippen molar-refractivity contribution in [2.75, 3.05) is 7.11 Å². The van der Waals surface area contributed by atoms with E-state index in [9.17, 15) is 18.3 Å². The fourth-order valence-corrected chi connectivity index (χ4v) is 3.52. The summed E-state index contributed by atoms with van der Waals surface area (Å²) in [6, 6.07) is 8.75. The van der Waals surface area contributed by atoms with E-state index in [2.05, 4.69) is 15.0 Å². The lowest BCUT2D eigenvalue weighted by molar-refractivity contribution is 0.0735. The van der Waals surface area contributed by atoms with Crippen molar-refractivity contribution in [1.29, 1.82) is 0 Å². The predicted octanol–water partition coefficient (Wildman–Crippen LogP) is 4.88. The maximum atomic E-state index is 13.8. The zero-order valence-electron chi connectivity index (χ0n) is 19.1. The molecule has 0 saturated carbocycles. The topological polar surface area (TPSA) is 73.1 Å². The fourth-order valence-electron chi connectivity index (χ4n) is 3.52. The summed E-state index contributed by atoms with van der Waals surface area (Å²) in [5.74, 6) is -3.28. The summed E-state index contributed by atoms with van der Waals surface area (Å²) in [5.41, 5.74) is 1.60. The van der Waals surface area contributed by atoms with Gasteiger partial charge in [0.25, 0.3) is 0 Å². The zero-order chi connectivity index (χ0) is 24.6. The number of hydrogen-bond donors (Lipinski definition) is 1. The molecule has 2 aromatic heterocycles. The van der Waals surface area contributed by atoms with Crippen LogP contribution in [0.25, 0.3) is 16.9 Å². The maximum absolute atomic E-state index is 13.8. The lowest BCUT2D eigenvalue weighted by atomic mass is 10.0. The molecule has 0 bridgehead atoms. The van der Waals surface area contributed by atoms with Gasteiger partial charge in [0.1, 0.15) is 17.2 Å². The second kappa shape index (κ2) is 8.90. The van der Waals surface area contributed by atoms with Crippen LogP contribution in [0.15, 0.2) is 48.9 Å². The van der Waals surface area contributed by atoms with Gasteiger partial charge in [-0.3, -0.25) is 0 Å². The number of ether oxygens (including phenoxy) is 1. The monoisotopic (exact) mass is 468 g/mol. The standard InChI is InChI=1S/C25H23F3N4O2/c1-14-12-32(13-29-14)20-6-5-15(7-21(20)34-4)8-23-30-19(11-22(31-23)25(2,3)33)16-9-17(26)24(28)18(27)10-16/h5-7,9-13,33H,8H2,1-4H3. The van der Waals surface area contributed by atoms with Gasteiger partial charge in [0.05, 0.1) is 36.2 Å². The Kier molecular flexibility index (Phi) is 6.14. The Morgan fingerprint density at radius 2 is 1.74 bits per heavy atom. The van der Waals surface area contributed by atoms with Crippen LogP contribution < -0.4 is 4.74 Å². The predicted molar refractivity (Wildman–Crippen MR) is 120 cm³/mol. The smallest absolute Gasteiger partial charge is 0.194 e. The Morgan fingerprint density at radius 1 is 1.03 bits per heavy atom. The molecule has 4 aromatic rings.